The summed E-state index contributed by atoms with van der Waals surface area (Å²) in [5.41, 5.74) is 0.438. The van der Waals surface area contributed by atoms with E-state index in [-0.39, 0.29) is 70.3 Å². The summed E-state index contributed by atoms with van der Waals surface area (Å²) >= 11 is 0. The number of rotatable bonds is 4. The number of carbonyl (C=O) groups excluding carboxylic acids is 2. The van der Waals surface area contributed by atoms with Crippen LogP contribution in [0.25, 0.3) is 6.08 Å². The van der Waals surface area contributed by atoms with Gasteiger partial charge in [0, 0.05) is 18.0 Å². The van der Waals surface area contributed by atoms with Crippen molar-refractivity contribution in [3.63, 3.8) is 0 Å². The first kappa shape index (κ1) is 20.9. The van der Waals surface area contributed by atoms with Gasteiger partial charge in [-0.15, -0.1) is 0 Å². The summed E-state index contributed by atoms with van der Waals surface area (Å²) in [7, 11) is 0. The number of carbonyl (C=O) groups is 2. The second-order valence-electron chi connectivity index (χ2n) is 3.27. The molecule has 0 aliphatic rings. The fourth-order valence-electron chi connectivity index (χ4n) is 1.21. The summed E-state index contributed by atoms with van der Waals surface area (Å²) in [6.07, 6.45) is 5.02. The van der Waals surface area contributed by atoms with Crippen LogP contribution in [-0.2, 0) is 9.59 Å². The molecular formula is C12H9NNa2O4. The summed E-state index contributed by atoms with van der Waals surface area (Å²) in [4.78, 5) is 25.0. The molecule has 0 saturated carbocycles. The molecule has 7 heteroatoms. The Hall–Kier alpha value is -0.430. The standard InChI is InChI=1S/C12H11NO4.2Na/c1-8(6-11(14)15)10(12(16)17)7-9-2-4-13-5-3-9;;/h2-7H,1H3,(H,14,15)(H,16,17);;/q;2*+1/p-2/b8-6-,10-7+;;. The van der Waals surface area contributed by atoms with E-state index in [0.717, 1.165) is 0 Å². The topological polar surface area (TPSA) is 93.2 Å². The molecule has 19 heavy (non-hydrogen) atoms. The third-order valence-corrected chi connectivity index (χ3v) is 2.00. The van der Waals surface area contributed by atoms with E-state index in [1.807, 2.05) is 0 Å². The van der Waals surface area contributed by atoms with Crippen molar-refractivity contribution >= 4 is 18.0 Å². The fourth-order valence-corrected chi connectivity index (χ4v) is 1.21. The minimum Gasteiger partial charge on any atom is -0.545 e. The first-order valence-corrected chi connectivity index (χ1v) is 4.73. The van der Waals surface area contributed by atoms with Crippen molar-refractivity contribution in [1.29, 1.82) is 0 Å². The van der Waals surface area contributed by atoms with Crippen LogP contribution < -0.4 is 69.3 Å². The van der Waals surface area contributed by atoms with Crippen molar-refractivity contribution in [2.45, 2.75) is 6.92 Å². The first-order valence-electron chi connectivity index (χ1n) is 4.73. The minimum absolute atomic E-state index is 0. The van der Waals surface area contributed by atoms with Crippen molar-refractivity contribution < 1.29 is 78.9 Å². The van der Waals surface area contributed by atoms with E-state index in [9.17, 15) is 19.8 Å². The van der Waals surface area contributed by atoms with Gasteiger partial charge in [0.1, 0.15) is 0 Å². The maximum atomic E-state index is 10.9. The van der Waals surface area contributed by atoms with Gasteiger partial charge in [0.25, 0.3) is 0 Å². The molecule has 1 aromatic rings. The number of carboxylic acid groups (broad SMARTS) is 2. The van der Waals surface area contributed by atoms with Crippen LogP contribution in [0.3, 0.4) is 0 Å². The summed E-state index contributed by atoms with van der Waals surface area (Å²) in [6.45, 7) is 1.36. The second-order valence-corrected chi connectivity index (χ2v) is 3.27. The van der Waals surface area contributed by atoms with E-state index >= 15 is 0 Å². The van der Waals surface area contributed by atoms with Crippen LogP contribution in [-0.4, -0.2) is 16.9 Å². The molecular weight excluding hydrogens is 268 g/mol. The van der Waals surface area contributed by atoms with Gasteiger partial charge in [-0.05, 0) is 42.3 Å². The van der Waals surface area contributed by atoms with Crippen molar-refractivity contribution in [3.05, 3.63) is 47.3 Å². The molecule has 0 atom stereocenters. The molecule has 1 heterocycles. The second kappa shape index (κ2) is 10.4. The molecule has 1 aromatic heterocycles. The molecule has 88 valence electrons. The Labute approximate surface area is 155 Å². The largest absolute Gasteiger partial charge is 1.00 e. The van der Waals surface area contributed by atoms with Crippen molar-refractivity contribution in [2.75, 3.05) is 0 Å². The van der Waals surface area contributed by atoms with E-state index in [2.05, 4.69) is 4.98 Å². The van der Waals surface area contributed by atoms with E-state index in [0.29, 0.717) is 11.6 Å². The van der Waals surface area contributed by atoms with Gasteiger partial charge < -0.3 is 19.8 Å². The van der Waals surface area contributed by atoms with Crippen LogP contribution in [0, 0.1) is 0 Å². The van der Waals surface area contributed by atoms with Gasteiger partial charge >= 0.3 is 59.1 Å². The molecule has 1 rings (SSSR count). The molecule has 0 aromatic carbocycles. The smallest absolute Gasteiger partial charge is 0.545 e. The Morgan fingerprint density at radius 1 is 1.16 bits per heavy atom. The normalized spacial score (nSPS) is 11.0. The predicted molar refractivity (Wildman–Crippen MR) is 56.0 cm³/mol. The molecule has 0 spiro atoms. The Bertz CT molecular complexity index is 498. The van der Waals surface area contributed by atoms with Crippen molar-refractivity contribution in [2.24, 2.45) is 0 Å². The zero-order chi connectivity index (χ0) is 12.8. The van der Waals surface area contributed by atoms with Gasteiger partial charge in [0.2, 0.25) is 0 Å². The van der Waals surface area contributed by atoms with E-state index in [1.54, 1.807) is 12.1 Å². The molecule has 0 amide bonds. The molecule has 0 unspecified atom stereocenters. The van der Waals surface area contributed by atoms with Gasteiger partial charge in [-0.1, -0.05) is 0 Å². The summed E-state index contributed by atoms with van der Waals surface area (Å²) in [5, 5.41) is 21.2. The van der Waals surface area contributed by atoms with Crippen LogP contribution in [0.1, 0.15) is 12.5 Å². The third-order valence-electron chi connectivity index (χ3n) is 2.00. The Morgan fingerprint density at radius 2 is 1.68 bits per heavy atom. The van der Waals surface area contributed by atoms with E-state index in [1.165, 1.54) is 25.4 Å². The van der Waals surface area contributed by atoms with Crippen LogP contribution in [0.15, 0.2) is 41.7 Å². The molecule has 0 aliphatic carbocycles. The molecule has 0 aliphatic heterocycles. The number of hydrogen-bond donors (Lipinski definition) is 0. The minimum atomic E-state index is -1.45. The zero-order valence-electron chi connectivity index (χ0n) is 11.0. The molecule has 0 fully saturated rings. The van der Waals surface area contributed by atoms with Gasteiger partial charge in [-0.3, -0.25) is 4.98 Å². The van der Waals surface area contributed by atoms with Crippen LogP contribution in [0.5, 0.6) is 0 Å². The predicted octanol–water partition coefficient (Wildman–Crippen LogP) is -7.08. The molecule has 0 N–H and O–H groups in total. The molecule has 5 nitrogen and oxygen atoms in total. The Kier molecular flexibility index (Phi) is 11.4. The summed E-state index contributed by atoms with van der Waals surface area (Å²) < 4.78 is 0. The number of aliphatic carboxylic acids is 2. The maximum Gasteiger partial charge on any atom is 1.00 e. The number of hydrogen-bond acceptors (Lipinski definition) is 5. The summed E-state index contributed by atoms with van der Waals surface area (Å²) in [6, 6.07) is 3.18. The Morgan fingerprint density at radius 3 is 2.11 bits per heavy atom. The molecule has 0 bridgehead atoms. The van der Waals surface area contributed by atoms with E-state index < -0.39 is 11.9 Å². The third kappa shape index (κ3) is 7.67. The van der Waals surface area contributed by atoms with Gasteiger partial charge in [-0.25, -0.2) is 0 Å². The maximum absolute atomic E-state index is 10.9. The molecule has 0 saturated heterocycles. The van der Waals surface area contributed by atoms with Gasteiger partial charge in [-0.2, -0.15) is 0 Å². The first-order chi connectivity index (χ1) is 8.00. The average Bonchev–Trinajstić information content (AvgIpc) is 2.25. The van der Waals surface area contributed by atoms with Crippen LogP contribution in [0.2, 0.25) is 0 Å². The number of aromatic nitrogens is 1. The number of nitrogens with zero attached hydrogens (tertiary/aromatic N) is 1. The number of pyridine rings is 1. The van der Waals surface area contributed by atoms with Crippen LogP contribution >= 0.6 is 0 Å². The van der Waals surface area contributed by atoms with Gasteiger partial charge in [0.05, 0.1) is 11.9 Å². The zero-order valence-corrected chi connectivity index (χ0v) is 15.0. The monoisotopic (exact) mass is 277 g/mol. The Balaban J connectivity index is 0. The van der Waals surface area contributed by atoms with Gasteiger partial charge in [0.15, 0.2) is 0 Å². The van der Waals surface area contributed by atoms with Crippen LogP contribution in [0.4, 0.5) is 0 Å². The summed E-state index contributed by atoms with van der Waals surface area (Å²) in [5.74, 6) is -2.90. The average molecular weight is 277 g/mol. The van der Waals surface area contributed by atoms with Crippen molar-refractivity contribution in [1.82, 2.24) is 4.98 Å². The fraction of sp³-hybridized carbons (Fsp3) is 0.0833. The van der Waals surface area contributed by atoms with Crippen molar-refractivity contribution in [3.8, 4) is 0 Å². The molecule has 0 radical (unpaired) electrons. The van der Waals surface area contributed by atoms with E-state index in [4.69, 9.17) is 0 Å². The SMILES string of the molecule is CC(=C/C(=O)[O-])/C(=C\c1ccncc1)C(=O)[O-].[Na+].[Na+]. The quantitative estimate of drug-likeness (QED) is 0.310. The number of carboxylic acids is 2.